The van der Waals surface area contributed by atoms with E-state index in [0.717, 1.165) is 26.1 Å². The summed E-state index contributed by atoms with van der Waals surface area (Å²) < 4.78 is 14.0. The van der Waals surface area contributed by atoms with Crippen LogP contribution < -0.4 is 5.73 Å². The molecule has 0 unspecified atom stereocenters. The monoisotopic (exact) mass is 270 g/mol. The van der Waals surface area contributed by atoms with Gasteiger partial charge in [-0.15, -0.1) is 0 Å². The van der Waals surface area contributed by atoms with Crippen LogP contribution in [0.15, 0.2) is 48.5 Å². The van der Waals surface area contributed by atoms with Crippen LogP contribution in [0.1, 0.15) is 23.5 Å². The molecule has 0 spiro atoms. The molecular formula is C17H19FN2. The Labute approximate surface area is 119 Å². The number of nitrogens with zero attached hydrogens (tertiary/aromatic N) is 1. The summed E-state index contributed by atoms with van der Waals surface area (Å²) in [6.07, 6.45) is 0.970. The fraction of sp³-hybridized carbons (Fsp3) is 0.294. The fourth-order valence-corrected chi connectivity index (χ4v) is 3.04. The quantitative estimate of drug-likeness (QED) is 0.866. The SMILES string of the molecule is Nc1cccc(F)c1[C@@H]1CCN(Cc2ccccc2)C1. The lowest BCUT2D eigenvalue weighted by atomic mass is 9.96. The van der Waals surface area contributed by atoms with E-state index in [-0.39, 0.29) is 11.7 Å². The van der Waals surface area contributed by atoms with E-state index in [0.29, 0.717) is 11.3 Å². The van der Waals surface area contributed by atoms with E-state index >= 15 is 0 Å². The van der Waals surface area contributed by atoms with Gasteiger partial charge in [0.1, 0.15) is 5.82 Å². The number of rotatable bonds is 3. The molecule has 0 saturated carbocycles. The van der Waals surface area contributed by atoms with Gasteiger partial charge in [-0.1, -0.05) is 36.4 Å². The Balaban J connectivity index is 1.71. The van der Waals surface area contributed by atoms with Crippen LogP contribution in [0.5, 0.6) is 0 Å². The molecule has 0 aromatic heterocycles. The number of halogens is 1. The summed E-state index contributed by atoms with van der Waals surface area (Å²) in [6, 6.07) is 15.4. The molecule has 2 aromatic carbocycles. The van der Waals surface area contributed by atoms with Gasteiger partial charge in [0, 0.05) is 30.3 Å². The molecule has 0 bridgehead atoms. The van der Waals surface area contributed by atoms with Gasteiger partial charge in [-0.2, -0.15) is 0 Å². The highest BCUT2D eigenvalue weighted by molar-refractivity contribution is 5.49. The number of nitrogens with two attached hydrogens (primary N) is 1. The van der Waals surface area contributed by atoms with Crippen molar-refractivity contribution in [1.82, 2.24) is 4.90 Å². The first kappa shape index (κ1) is 13.1. The van der Waals surface area contributed by atoms with Gasteiger partial charge in [0.15, 0.2) is 0 Å². The molecule has 3 heteroatoms. The van der Waals surface area contributed by atoms with Crippen LogP contribution in [0.25, 0.3) is 0 Å². The van der Waals surface area contributed by atoms with Crippen molar-refractivity contribution in [2.75, 3.05) is 18.8 Å². The van der Waals surface area contributed by atoms with Crippen molar-refractivity contribution in [1.29, 1.82) is 0 Å². The number of hydrogen-bond acceptors (Lipinski definition) is 2. The molecule has 1 heterocycles. The number of likely N-dealkylation sites (tertiary alicyclic amines) is 1. The largest absolute Gasteiger partial charge is 0.398 e. The number of anilines is 1. The second-order valence-electron chi connectivity index (χ2n) is 5.45. The Kier molecular flexibility index (Phi) is 3.70. The Morgan fingerprint density at radius 3 is 2.65 bits per heavy atom. The lowest BCUT2D eigenvalue weighted by Gasteiger charge is -2.17. The predicted molar refractivity (Wildman–Crippen MR) is 79.9 cm³/mol. The lowest BCUT2D eigenvalue weighted by molar-refractivity contribution is 0.326. The number of hydrogen-bond donors (Lipinski definition) is 1. The van der Waals surface area contributed by atoms with Gasteiger partial charge in [-0.3, -0.25) is 4.90 Å². The van der Waals surface area contributed by atoms with Gasteiger partial charge in [0.2, 0.25) is 0 Å². The molecule has 2 N–H and O–H groups in total. The molecule has 2 nitrogen and oxygen atoms in total. The lowest BCUT2D eigenvalue weighted by Crippen LogP contribution is -2.20. The van der Waals surface area contributed by atoms with Crippen LogP contribution in [-0.2, 0) is 6.54 Å². The summed E-state index contributed by atoms with van der Waals surface area (Å²) in [5.74, 6) is 0.0384. The molecule has 2 aromatic rings. The second kappa shape index (κ2) is 5.63. The first-order valence-electron chi connectivity index (χ1n) is 7.04. The van der Waals surface area contributed by atoms with Crippen molar-refractivity contribution >= 4 is 5.69 Å². The van der Waals surface area contributed by atoms with E-state index in [2.05, 4.69) is 29.2 Å². The normalized spacial score (nSPS) is 19.4. The highest BCUT2D eigenvalue weighted by Gasteiger charge is 2.27. The molecule has 0 amide bonds. The molecule has 0 aliphatic carbocycles. The van der Waals surface area contributed by atoms with E-state index in [1.807, 2.05) is 6.07 Å². The average molecular weight is 270 g/mol. The van der Waals surface area contributed by atoms with Crippen LogP contribution >= 0.6 is 0 Å². The van der Waals surface area contributed by atoms with Crippen molar-refractivity contribution in [2.24, 2.45) is 0 Å². The molecule has 1 aliphatic heterocycles. The Morgan fingerprint density at radius 2 is 1.90 bits per heavy atom. The van der Waals surface area contributed by atoms with Crippen molar-refractivity contribution in [2.45, 2.75) is 18.9 Å². The summed E-state index contributed by atoms with van der Waals surface area (Å²) in [6.45, 7) is 2.79. The third kappa shape index (κ3) is 2.68. The van der Waals surface area contributed by atoms with E-state index in [9.17, 15) is 4.39 Å². The topological polar surface area (TPSA) is 29.3 Å². The van der Waals surface area contributed by atoms with Gasteiger partial charge in [-0.05, 0) is 30.7 Å². The molecule has 1 aliphatic rings. The molecule has 20 heavy (non-hydrogen) atoms. The minimum Gasteiger partial charge on any atom is -0.398 e. The van der Waals surface area contributed by atoms with Gasteiger partial charge in [-0.25, -0.2) is 4.39 Å². The van der Waals surface area contributed by atoms with Gasteiger partial charge in [0.05, 0.1) is 0 Å². The first-order valence-corrected chi connectivity index (χ1v) is 7.04. The number of benzene rings is 2. The smallest absolute Gasteiger partial charge is 0.128 e. The molecule has 3 rings (SSSR count). The van der Waals surface area contributed by atoms with E-state index < -0.39 is 0 Å². The molecule has 104 valence electrons. The molecular weight excluding hydrogens is 251 g/mol. The van der Waals surface area contributed by atoms with Crippen molar-refractivity contribution in [3.8, 4) is 0 Å². The van der Waals surface area contributed by atoms with Crippen LogP contribution in [0.3, 0.4) is 0 Å². The highest BCUT2D eigenvalue weighted by atomic mass is 19.1. The van der Waals surface area contributed by atoms with E-state index in [1.165, 1.54) is 11.6 Å². The minimum atomic E-state index is -0.170. The summed E-state index contributed by atoms with van der Waals surface area (Å²) in [4.78, 5) is 2.37. The summed E-state index contributed by atoms with van der Waals surface area (Å²) >= 11 is 0. The first-order chi connectivity index (χ1) is 9.74. The summed E-state index contributed by atoms with van der Waals surface area (Å²) in [5, 5.41) is 0. The molecule has 1 atom stereocenters. The highest BCUT2D eigenvalue weighted by Crippen LogP contribution is 2.33. The maximum absolute atomic E-state index is 14.0. The van der Waals surface area contributed by atoms with Crippen LogP contribution in [0.4, 0.5) is 10.1 Å². The van der Waals surface area contributed by atoms with Crippen molar-refractivity contribution < 1.29 is 4.39 Å². The minimum absolute atomic E-state index is 0.170. The van der Waals surface area contributed by atoms with E-state index in [4.69, 9.17) is 5.73 Å². The van der Waals surface area contributed by atoms with Crippen LogP contribution in [0, 0.1) is 5.82 Å². The Morgan fingerprint density at radius 1 is 1.10 bits per heavy atom. The van der Waals surface area contributed by atoms with Crippen molar-refractivity contribution in [3.05, 3.63) is 65.5 Å². The predicted octanol–water partition coefficient (Wildman–Crippen LogP) is 3.40. The third-order valence-electron chi connectivity index (χ3n) is 4.02. The average Bonchev–Trinajstić information content (AvgIpc) is 2.88. The summed E-state index contributed by atoms with van der Waals surface area (Å²) in [5.41, 5.74) is 8.52. The van der Waals surface area contributed by atoms with Gasteiger partial charge >= 0.3 is 0 Å². The van der Waals surface area contributed by atoms with Crippen LogP contribution in [-0.4, -0.2) is 18.0 Å². The molecule has 1 fully saturated rings. The zero-order valence-corrected chi connectivity index (χ0v) is 11.4. The maximum atomic E-state index is 14.0. The zero-order valence-electron chi connectivity index (χ0n) is 11.4. The van der Waals surface area contributed by atoms with E-state index in [1.54, 1.807) is 12.1 Å². The van der Waals surface area contributed by atoms with Crippen LogP contribution in [0.2, 0.25) is 0 Å². The van der Waals surface area contributed by atoms with Gasteiger partial charge < -0.3 is 5.73 Å². The maximum Gasteiger partial charge on any atom is 0.128 e. The third-order valence-corrected chi connectivity index (χ3v) is 4.02. The number of nitrogen functional groups attached to an aromatic ring is 1. The summed E-state index contributed by atoms with van der Waals surface area (Å²) in [7, 11) is 0. The Bertz CT molecular complexity index is 563. The van der Waals surface area contributed by atoms with Crippen molar-refractivity contribution in [3.63, 3.8) is 0 Å². The second-order valence-corrected chi connectivity index (χ2v) is 5.45. The zero-order chi connectivity index (χ0) is 13.9. The molecule has 1 saturated heterocycles. The van der Waals surface area contributed by atoms with Gasteiger partial charge in [0.25, 0.3) is 0 Å². The fourth-order valence-electron chi connectivity index (χ4n) is 3.04. The molecule has 0 radical (unpaired) electrons. The standard InChI is InChI=1S/C17H19FN2/c18-15-7-4-8-16(19)17(15)14-9-10-20(12-14)11-13-5-2-1-3-6-13/h1-8,14H,9-12,19H2/t14-/m1/s1. The Hall–Kier alpha value is -1.87.